The highest BCUT2D eigenvalue weighted by Gasteiger charge is 2.30. The topological polar surface area (TPSA) is 61.0 Å². The smallest absolute Gasteiger partial charge is 0.274 e. The lowest BCUT2D eigenvalue weighted by Crippen LogP contribution is -2.57. The number of aryl methyl sites for hydroxylation is 1. The Morgan fingerprint density at radius 2 is 2.06 bits per heavy atom. The quantitative estimate of drug-likeness (QED) is 0.729. The van der Waals surface area contributed by atoms with Crippen LogP contribution in [0, 0.1) is 6.92 Å². The number of amides is 1. The van der Waals surface area contributed by atoms with Crippen LogP contribution >= 0.6 is 0 Å². The van der Waals surface area contributed by atoms with Crippen LogP contribution < -0.4 is 5.32 Å². The van der Waals surface area contributed by atoms with Gasteiger partial charge in [-0.2, -0.15) is 5.10 Å². The van der Waals surface area contributed by atoms with E-state index in [2.05, 4.69) is 29.4 Å². The van der Waals surface area contributed by atoms with Crippen molar-refractivity contribution in [1.82, 2.24) is 20.4 Å². The number of aromatic amines is 1. The van der Waals surface area contributed by atoms with E-state index in [1.807, 2.05) is 11.8 Å². The summed E-state index contributed by atoms with van der Waals surface area (Å²) in [5, 5.41) is 10.1. The molecule has 2 rings (SSSR count). The summed E-state index contributed by atoms with van der Waals surface area (Å²) >= 11 is 0. The highest BCUT2D eigenvalue weighted by atomic mass is 16.2. The first kappa shape index (κ1) is 11.1. The Labute approximate surface area is 95.2 Å². The molecule has 2 atom stereocenters. The van der Waals surface area contributed by atoms with Gasteiger partial charge in [0.25, 0.3) is 5.91 Å². The van der Waals surface area contributed by atoms with E-state index in [4.69, 9.17) is 0 Å². The molecule has 0 radical (unpaired) electrons. The minimum Gasteiger partial charge on any atom is -0.329 e. The second-order valence-corrected chi connectivity index (χ2v) is 4.50. The lowest BCUT2D eigenvalue weighted by atomic mass is 10.1. The lowest BCUT2D eigenvalue weighted by molar-refractivity contribution is 0.0538. The normalized spacial score (nSPS) is 25.8. The molecule has 0 bridgehead atoms. The first-order chi connectivity index (χ1) is 7.59. The Kier molecular flexibility index (Phi) is 2.96. The molecule has 1 aliphatic rings. The maximum Gasteiger partial charge on any atom is 0.274 e. The average Bonchev–Trinajstić information content (AvgIpc) is 2.64. The molecule has 1 amide bonds. The van der Waals surface area contributed by atoms with E-state index in [-0.39, 0.29) is 18.0 Å². The molecule has 0 aliphatic carbocycles. The summed E-state index contributed by atoms with van der Waals surface area (Å²) in [6, 6.07) is 2.23. The van der Waals surface area contributed by atoms with Crippen molar-refractivity contribution in [1.29, 1.82) is 0 Å². The molecule has 2 heterocycles. The number of nitrogens with one attached hydrogen (secondary N) is 2. The predicted octanol–water partition coefficient (Wildman–Crippen LogP) is 0.541. The molecule has 1 fully saturated rings. The molecule has 0 saturated carbocycles. The van der Waals surface area contributed by atoms with Gasteiger partial charge in [0, 0.05) is 30.9 Å². The Morgan fingerprint density at radius 3 is 2.56 bits per heavy atom. The number of H-pyrrole nitrogens is 1. The molecule has 16 heavy (non-hydrogen) atoms. The van der Waals surface area contributed by atoms with E-state index in [1.54, 1.807) is 6.07 Å². The van der Waals surface area contributed by atoms with Gasteiger partial charge in [0.05, 0.1) is 0 Å². The third kappa shape index (κ3) is 1.95. The van der Waals surface area contributed by atoms with Gasteiger partial charge < -0.3 is 10.2 Å². The summed E-state index contributed by atoms with van der Waals surface area (Å²) in [6.07, 6.45) is 0. The van der Waals surface area contributed by atoms with Gasteiger partial charge in [-0.3, -0.25) is 9.89 Å². The lowest BCUT2D eigenvalue weighted by Gasteiger charge is -2.39. The first-order valence-electron chi connectivity index (χ1n) is 5.65. The number of hydrogen-bond acceptors (Lipinski definition) is 3. The molecule has 5 nitrogen and oxygen atoms in total. The molecule has 1 aromatic rings. The van der Waals surface area contributed by atoms with Gasteiger partial charge >= 0.3 is 0 Å². The largest absolute Gasteiger partial charge is 0.329 e. The van der Waals surface area contributed by atoms with E-state index in [0.29, 0.717) is 5.69 Å². The van der Waals surface area contributed by atoms with Gasteiger partial charge in [-0.1, -0.05) is 0 Å². The predicted molar refractivity (Wildman–Crippen MR) is 61.3 cm³/mol. The van der Waals surface area contributed by atoms with Crippen LogP contribution in [0.25, 0.3) is 0 Å². The van der Waals surface area contributed by atoms with Crippen LogP contribution in [-0.2, 0) is 0 Å². The SMILES string of the molecule is Cc1cc(C(=O)N2C(C)CNCC2C)n[nH]1. The fourth-order valence-corrected chi connectivity index (χ4v) is 2.19. The maximum absolute atomic E-state index is 12.2. The summed E-state index contributed by atoms with van der Waals surface area (Å²) in [5.41, 5.74) is 1.43. The van der Waals surface area contributed by atoms with Crippen LogP contribution in [0.4, 0.5) is 0 Å². The van der Waals surface area contributed by atoms with Crippen molar-refractivity contribution in [2.75, 3.05) is 13.1 Å². The molecule has 2 unspecified atom stereocenters. The summed E-state index contributed by atoms with van der Waals surface area (Å²) in [5.74, 6) is 0.0193. The molecule has 5 heteroatoms. The molecule has 0 spiro atoms. The molecule has 1 aromatic heterocycles. The van der Waals surface area contributed by atoms with Crippen LogP contribution in [0.2, 0.25) is 0 Å². The van der Waals surface area contributed by atoms with Crippen LogP contribution in [0.1, 0.15) is 30.0 Å². The van der Waals surface area contributed by atoms with E-state index in [9.17, 15) is 4.79 Å². The zero-order valence-corrected chi connectivity index (χ0v) is 9.95. The first-order valence-corrected chi connectivity index (χ1v) is 5.65. The van der Waals surface area contributed by atoms with E-state index >= 15 is 0 Å². The molecule has 1 aliphatic heterocycles. The van der Waals surface area contributed by atoms with Crippen molar-refractivity contribution < 1.29 is 4.79 Å². The molecular weight excluding hydrogens is 204 g/mol. The summed E-state index contributed by atoms with van der Waals surface area (Å²) in [7, 11) is 0. The Bertz CT molecular complexity index is 377. The number of rotatable bonds is 1. The third-order valence-corrected chi connectivity index (χ3v) is 2.99. The monoisotopic (exact) mass is 222 g/mol. The highest BCUT2D eigenvalue weighted by molar-refractivity contribution is 5.92. The van der Waals surface area contributed by atoms with E-state index in [0.717, 1.165) is 18.8 Å². The molecule has 2 N–H and O–H groups in total. The number of hydrogen-bond donors (Lipinski definition) is 2. The van der Waals surface area contributed by atoms with Gasteiger partial charge in [0.1, 0.15) is 5.69 Å². The van der Waals surface area contributed by atoms with Crippen LogP contribution in [-0.4, -0.2) is 46.2 Å². The van der Waals surface area contributed by atoms with Crippen molar-refractivity contribution >= 4 is 5.91 Å². The highest BCUT2D eigenvalue weighted by Crippen LogP contribution is 2.14. The second kappa shape index (κ2) is 4.25. The Balaban J connectivity index is 2.19. The Morgan fingerprint density at radius 1 is 1.44 bits per heavy atom. The van der Waals surface area contributed by atoms with Gasteiger partial charge in [-0.25, -0.2) is 0 Å². The molecule has 0 aromatic carbocycles. The Hall–Kier alpha value is -1.36. The van der Waals surface area contributed by atoms with Gasteiger partial charge in [-0.15, -0.1) is 0 Å². The second-order valence-electron chi connectivity index (χ2n) is 4.50. The van der Waals surface area contributed by atoms with Crippen LogP contribution in [0.3, 0.4) is 0 Å². The maximum atomic E-state index is 12.2. The van der Waals surface area contributed by atoms with Gasteiger partial charge in [-0.05, 0) is 26.8 Å². The molecular formula is C11H18N4O. The molecule has 88 valence electrons. The number of carbonyl (C=O) groups is 1. The van der Waals surface area contributed by atoms with Crippen molar-refractivity contribution in [3.05, 3.63) is 17.5 Å². The zero-order chi connectivity index (χ0) is 11.7. The van der Waals surface area contributed by atoms with Gasteiger partial charge in [0.15, 0.2) is 0 Å². The number of piperazine rings is 1. The number of carbonyl (C=O) groups excluding carboxylic acids is 1. The average molecular weight is 222 g/mol. The summed E-state index contributed by atoms with van der Waals surface area (Å²) in [6.45, 7) is 7.70. The zero-order valence-electron chi connectivity index (χ0n) is 9.95. The molecule has 1 saturated heterocycles. The number of nitrogens with zero attached hydrogens (tertiary/aromatic N) is 2. The minimum atomic E-state index is 0.0193. The van der Waals surface area contributed by atoms with Gasteiger partial charge in [0.2, 0.25) is 0 Å². The standard InChI is InChI=1S/C11H18N4O/c1-7-4-10(14-13-7)11(16)15-8(2)5-12-6-9(15)3/h4,8-9,12H,5-6H2,1-3H3,(H,13,14). The van der Waals surface area contributed by atoms with Crippen LogP contribution in [0.5, 0.6) is 0 Å². The fraction of sp³-hybridized carbons (Fsp3) is 0.636. The van der Waals surface area contributed by atoms with Crippen LogP contribution in [0.15, 0.2) is 6.07 Å². The van der Waals surface area contributed by atoms with E-state index < -0.39 is 0 Å². The number of aromatic nitrogens is 2. The fourth-order valence-electron chi connectivity index (χ4n) is 2.19. The summed E-state index contributed by atoms with van der Waals surface area (Å²) < 4.78 is 0. The van der Waals surface area contributed by atoms with Crippen molar-refractivity contribution in [3.8, 4) is 0 Å². The van der Waals surface area contributed by atoms with Crippen molar-refractivity contribution in [2.45, 2.75) is 32.9 Å². The van der Waals surface area contributed by atoms with E-state index in [1.165, 1.54) is 0 Å². The summed E-state index contributed by atoms with van der Waals surface area (Å²) in [4.78, 5) is 14.2. The van der Waals surface area contributed by atoms with Crippen molar-refractivity contribution in [2.24, 2.45) is 0 Å². The van der Waals surface area contributed by atoms with Crippen molar-refractivity contribution in [3.63, 3.8) is 0 Å². The third-order valence-electron chi connectivity index (χ3n) is 2.99. The minimum absolute atomic E-state index is 0.0193.